The van der Waals surface area contributed by atoms with Crippen molar-refractivity contribution in [2.24, 2.45) is 0 Å². The molecule has 2 rings (SSSR count). The predicted molar refractivity (Wildman–Crippen MR) is 74.3 cm³/mol. The lowest BCUT2D eigenvalue weighted by Crippen LogP contribution is -2.32. The van der Waals surface area contributed by atoms with Crippen molar-refractivity contribution < 1.29 is 9.59 Å². The number of hydrogen-bond acceptors (Lipinski definition) is 3. The molecule has 1 aromatic carbocycles. The molecule has 1 aromatic rings. The van der Waals surface area contributed by atoms with Crippen LogP contribution in [0.2, 0.25) is 19.6 Å². The second-order valence-corrected chi connectivity index (χ2v) is 10.4. The van der Waals surface area contributed by atoms with Gasteiger partial charge < -0.3 is 5.73 Å². The number of anilines is 1. The minimum Gasteiger partial charge on any atom is -0.399 e. The second-order valence-electron chi connectivity index (χ2n) is 5.41. The molecule has 0 saturated heterocycles. The summed E-state index contributed by atoms with van der Waals surface area (Å²) in [5, 5.41) is 3.05. The summed E-state index contributed by atoms with van der Waals surface area (Å²) >= 11 is 0. The molecule has 0 spiro atoms. The minimum absolute atomic E-state index is 0.244. The fourth-order valence-corrected chi connectivity index (χ4v) is 3.85. The Labute approximate surface area is 107 Å². The number of carbonyl (C=O) groups excluding carboxylic acids is 2. The SMILES string of the molecule is C[Si](C)(C)C1=C(c2ccc(N)cc2)C(=O)NC1=O. The highest BCUT2D eigenvalue weighted by atomic mass is 28.3. The fourth-order valence-electron chi connectivity index (χ4n) is 2.10. The molecule has 5 heteroatoms. The number of hydrogen-bond donors (Lipinski definition) is 2. The van der Waals surface area contributed by atoms with Gasteiger partial charge in [0.25, 0.3) is 11.8 Å². The third-order valence-corrected chi connectivity index (χ3v) is 4.86. The van der Waals surface area contributed by atoms with Crippen LogP contribution in [0, 0.1) is 0 Å². The van der Waals surface area contributed by atoms with Crippen LogP contribution in [0.3, 0.4) is 0 Å². The normalized spacial score (nSPS) is 16.2. The van der Waals surface area contributed by atoms with Gasteiger partial charge in [-0.05, 0) is 17.7 Å². The van der Waals surface area contributed by atoms with E-state index in [4.69, 9.17) is 5.73 Å². The Bertz CT molecular complexity index is 553. The molecule has 0 aliphatic carbocycles. The highest BCUT2D eigenvalue weighted by Crippen LogP contribution is 2.30. The average Bonchev–Trinajstić information content (AvgIpc) is 2.54. The van der Waals surface area contributed by atoms with Crippen LogP contribution in [0.4, 0.5) is 5.69 Å². The number of rotatable bonds is 2. The van der Waals surface area contributed by atoms with Crippen molar-refractivity contribution in [1.82, 2.24) is 5.32 Å². The van der Waals surface area contributed by atoms with E-state index in [1.54, 1.807) is 24.3 Å². The smallest absolute Gasteiger partial charge is 0.258 e. The van der Waals surface area contributed by atoms with Gasteiger partial charge in [0, 0.05) is 10.9 Å². The molecular formula is C13H16N2O2Si. The number of nitrogens with two attached hydrogens (primary N) is 1. The summed E-state index contributed by atoms with van der Waals surface area (Å²) in [5.74, 6) is -0.548. The van der Waals surface area contributed by atoms with Crippen LogP contribution in [0.1, 0.15) is 5.56 Å². The molecule has 0 unspecified atom stereocenters. The lowest BCUT2D eigenvalue weighted by atomic mass is 10.1. The van der Waals surface area contributed by atoms with Crippen molar-refractivity contribution in [2.45, 2.75) is 19.6 Å². The summed E-state index contributed by atoms with van der Waals surface area (Å²) in [6, 6.07) is 7.03. The van der Waals surface area contributed by atoms with Crippen LogP contribution >= 0.6 is 0 Å². The molecule has 18 heavy (non-hydrogen) atoms. The minimum atomic E-state index is -1.87. The maximum atomic E-state index is 11.9. The van der Waals surface area contributed by atoms with Crippen molar-refractivity contribution in [3.63, 3.8) is 0 Å². The first-order valence-electron chi connectivity index (χ1n) is 5.77. The van der Waals surface area contributed by atoms with Crippen LogP contribution in [-0.4, -0.2) is 19.9 Å². The summed E-state index contributed by atoms with van der Waals surface area (Å²) in [5.41, 5.74) is 7.54. The standard InChI is InChI=1S/C13H16N2O2Si/c1-18(2,3)11-10(12(16)15-13(11)17)8-4-6-9(14)7-5-8/h4-7H,14H2,1-3H3,(H,15,16,17). The first-order chi connectivity index (χ1) is 8.30. The van der Waals surface area contributed by atoms with Crippen molar-refractivity contribution in [3.8, 4) is 0 Å². The molecule has 1 heterocycles. The third-order valence-electron chi connectivity index (χ3n) is 2.88. The average molecular weight is 260 g/mol. The maximum absolute atomic E-state index is 11.9. The number of benzene rings is 1. The van der Waals surface area contributed by atoms with Crippen LogP contribution in [0.5, 0.6) is 0 Å². The Balaban J connectivity index is 2.63. The highest BCUT2D eigenvalue weighted by molar-refractivity contribution is 6.90. The van der Waals surface area contributed by atoms with Crippen molar-refractivity contribution in [1.29, 1.82) is 0 Å². The summed E-state index contributed by atoms with van der Waals surface area (Å²) in [6.45, 7) is 6.16. The molecule has 3 N–H and O–H groups in total. The van der Waals surface area contributed by atoms with Gasteiger partial charge in [0.05, 0.1) is 13.6 Å². The van der Waals surface area contributed by atoms with Gasteiger partial charge in [-0.1, -0.05) is 31.8 Å². The number of imide groups is 1. The van der Waals surface area contributed by atoms with Gasteiger partial charge >= 0.3 is 0 Å². The maximum Gasteiger partial charge on any atom is 0.258 e. The molecule has 0 fully saturated rings. The van der Waals surface area contributed by atoms with Crippen molar-refractivity contribution >= 4 is 31.1 Å². The number of carbonyl (C=O) groups is 2. The molecule has 1 aliphatic rings. The molecule has 0 bridgehead atoms. The highest BCUT2D eigenvalue weighted by Gasteiger charge is 2.38. The summed E-state index contributed by atoms with van der Waals surface area (Å²) in [7, 11) is -1.87. The first-order valence-corrected chi connectivity index (χ1v) is 9.27. The predicted octanol–water partition coefficient (Wildman–Crippen LogP) is 1.56. The van der Waals surface area contributed by atoms with Gasteiger partial charge in [0.2, 0.25) is 0 Å². The van der Waals surface area contributed by atoms with Gasteiger partial charge in [-0.2, -0.15) is 0 Å². The van der Waals surface area contributed by atoms with Crippen LogP contribution in [0.15, 0.2) is 29.5 Å². The zero-order chi connectivity index (χ0) is 13.5. The van der Waals surface area contributed by atoms with E-state index in [-0.39, 0.29) is 11.8 Å². The van der Waals surface area contributed by atoms with E-state index < -0.39 is 8.07 Å². The Hall–Kier alpha value is -1.88. The zero-order valence-corrected chi connectivity index (χ0v) is 11.7. The summed E-state index contributed by atoms with van der Waals surface area (Å²) in [4.78, 5) is 23.8. The van der Waals surface area contributed by atoms with E-state index in [1.807, 2.05) is 0 Å². The monoisotopic (exact) mass is 260 g/mol. The molecule has 1 aliphatic heterocycles. The molecular weight excluding hydrogens is 244 g/mol. The molecule has 4 nitrogen and oxygen atoms in total. The van der Waals surface area contributed by atoms with Crippen LogP contribution in [-0.2, 0) is 9.59 Å². The van der Waals surface area contributed by atoms with E-state index >= 15 is 0 Å². The number of nitrogen functional groups attached to an aromatic ring is 1. The second kappa shape index (κ2) is 4.10. The van der Waals surface area contributed by atoms with E-state index in [0.29, 0.717) is 16.5 Å². The van der Waals surface area contributed by atoms with Gasteiger partial charge in [-0.25, -0.2) is 0 Å². The lowest BCUT2D eigenvalue weighted by Gasteiger charge is -2.17. The van der Waals surface area contributed by atoms with E-state index in [2.05, 4.69) is 25.0 Å². The summed E-state index contributed by atoms with van der Waals surface area (Å²) < 4.78 is 0. The Kier molecular flexibility index (Phi) is 2.86. The molecule has 2 amide bonds. The van der Waals surface area contributed by atoms with E-state index in [9.17, 15) is 9.59 Å². The molecule has 94 valence electrons. The van der Waals surface area contributed by atoms with Crippen LogP contribution in [0.25, 0.3) is 5.57 Å². The third kappa shape index (κ3) is 2.09. The van der Waals surface area contributed by atoms with Crippen LogP contribution < -0.4 is 11.1 Å². The Morgan fingerprint density at radius 2 is 1.56 bits per heavy atom. The number of amides is 2. The summed E-state index contributed by atoms with van der Waals surface area (Å²) in [6.07, 6.45) is 0. The molecule has 0 saturated carbocycles. The van der Waals surface area contributed by atoms with E-state index in [1.165, 1.54) is 0 Å². The quantitative estimate of drug-likeness (QED) is 0.481. The van der Waals surface area contributed by atoms with E-state index in [0.717, 1.165) is 5.56 Å². The zero-order valence-electron chi connectivity index (χ0n) is 10.7. The fraction of sp³-hybridized carbons (Fsp3) is 0.231. The Morgan fingerprint density at radius 3 is 2.06 bits per heavy atom. The molecule has 0 radical (unpaired) electrons. The topological polar surface area (TPSA) is 72.2 Å². The van der Waals surface area contributed by atoms with Gasteiger partial charge in [-0.3, -0.25) is 14.9 Å². The van der Waals surface area contributed by atoms with Crippen molar-refractivity contribution in [3.05, 3.63) is 35.0 Å². The van der Waals surface area contributed by atoms with Crippen molar-refractivity contribution in [2.75, 3.05) is 5.73 Å². The largest absolute Gasteiger partial charge is 0.399 e. The molecule has 0 aromatic heterocycles. The first kappa shape index (κ1) is 12.6. The Morgan fingerprint density at radius 1 is 1.00 bits per heavy atom. The number of nitrogens with one attached hydrogen (secondary N) is 1. The van der Waals surface area contributed by atoms with Gasteiger partial charge in [0.15, 0.2) is 0 Å². The van der Waals surface area contributed by atoms with Gasteiger partial charge in [0.1, 0.15) is 0 Å². The molecule has 0 atom stereocenters. The lowest BCUT2D eigenvalue weighted by molar-refractivity contribution is -0.123. The van der Waals surface area contributed by atoms with Gasteiger partial charge in [-0.15, -0.1) is 0 Å².